The third kappa shape index (κ3) is 4.27. The van der Waals surface area contributed by atoms with E-state index in [4.69, 9.17) is 14.2 Å². The van der Waals surface area contributed by atoms with Gasteiger partial charge in [-0.1, -0.05) is 18.2 Å². The quantitative estimate of drug-likeness (QED) is 0.476. The molecule has 0 radical (unpaired) electrons. The van der Waals surface area contributed by atoms with Crippen LogP contribution in [0.5, 0.6) is 5.75 Å². The molecule has 134 valence electrons. The molecule has 0 saturated carbocycles. The number of halogens is 1. The van der Waals surface area contributed by atoms with Gasteiger partial charge in [0.2, 0.25) is 0 Å². The number of benzene rings is 2. The summed E-state index contributed by atoms with van der Waals surface area (Å²) in [7, 11) is 0. The van der Waals surface area contributed by atoms with Crippen molar-refractivity contribution in [3.63, 3.8) is 0 Å². The molecule has 0 spiro atoms. The molecule has 2 aromatic rings. The summed E-state index contributed by atoms with van der Waals surface area (Å²) in [4.78, 5) is 24.0. The zero-order valence-corrected chi connectivity index (χ0v) is 14.3. The summed E-state index contributed by atoms with van der Waals surface area (Å²) in [6.45, 7) is 3.24. The van der Waals surface area contributed by atoms with Crippen LogP contribution < -0.4 is 4.74 Å². The Morgan fingerprint density at radius 2 is 1.69 bits per heavy atom. The first-order valence-electron chi connectivity index (χ1n) is 7.98. The van der Waals surface area contributed by atoms with Crippen LogP contribution in [0.4, 0.5) is 4.39 Å². The molecule has 0 N–H and O–H groups in total. The fourth-order valence-corrected chi connectivity index (χ4v) is 2.42. The van der Waals surface area contributed by atoms with E-state index in [1.807, 2.05) is 6.07 Å². The van der Waals surface area contributed by atoms with Crippen molar-refractivity contribution in [2.75, 3.05) is 0 Å². The second-order valence-corrected chi connectivity index (χ2v) is 6.22. The second kappa shape index (κ2) is 7.00. The molecule has 3 rings (SSSR count). The predicted molar refractivity (Wildman–Crippen MR) is 91.4 cm³/mol. The monoisotopic (exact) mass is 356 g/mol. The largest absolute Gasteiger partial charge is 0.489 e. The molecular weight excluding hydrogens is 339 g/mol. The maximum Gasteiger partial charge on any atom is 0.348 e. The van der Waals surface area contributed by atoms with Crippen molar-refractivity contribution < 1.29 is 28.2 Å². The van der Waals surface area contributed by atoms with Crippen molar-refractivity contribution >= 4 is 18.0 Å². The maximum atomic E-state index is 12.9. The van der Waals surface area contributed by atoms with Crippen LogP contribution in [-0.2, 0) is 25.7 Å². The molecule has 1 fully saturated rings. The molecule has 1 heterocycles. The van der Waals surface area contributed by atoms with Gasteiger partial charge in [0.25, 0.3) is 5.79 Å². The van der Waals surface area contributed by atoms with E-state index in [9.17, 15) is 14.0 Å². The molecule has 0 aromatic heterocycles. The highest BCUT2D eigenvalue weighted by molar-refractivity contribution is 6.18. The summed E-state index contributed by atoms with van der Waals surface area (Å²) in [5.41, 5.74) is 1.29. The molecule has 6 heteroatoms. The van der Waals surface area contributed by atoms with E-state index in [1.165, 1.54) is 44.2 Å². The van der Waals surface area contributed by atoms with Gasteiger partial charge in [0.1, 0.15) is 23.7 Å². The van der Waals surface area contributed by atoms with Crippen molar-refractivity contribution in [1.82, 2.24) is 0 Å². The normalized spacial score (nSPS) is 15.9. The third-order valence-corrected chi connectivity index (χ3v) is 3.60. The van der Waals surface area contributed by atoms with Crippen molar-refractivity contribution in [2.45, 2.75) is 26.2 Å². The average molecular weight is 356 g/mol. The van der Waals surface area contributed by atoms with E-state index in [2.05, 4.69) is 0 Å². The van der Waals surface area contributed by atoms with Gasteiger partial charge in [-0.2, -0.15) is 0 Å². The molecule has 1 aliphatic heterocycles. The standard InChI is InChI=1S/C20H17FO5/c1-20(2)25-18(22)17(19(23)26-20)11-13-4-3-5-14(10-13)12-24-16-8-6-15(21)7-9-16/h3-11H,12H2,1-2H3. The first-order valence-corrected chi connectivity index (χ1v) is 7.98. The van der Waals surface area contributed by atoms with Crippen LogP contribution in [0.1, 0.15) is 25.0 Å². The highest BCUT2D eigenvalue weighted by atomic mass is 19.1. The Hall–Kier alpha value is -3.15. The Kier molecular flexibility index (Phi) is 4.75. The minimum Gasteiger partial charge on any atom is -0.489 e. The summed E-state index contributed by atoms with van der Waals surface area (Å²) in [5.74, 6) is -2.51. The van der Waals surface area contributed by atoms with Crippen LogP contribution >= 0.6 is 0 Å². The number of carbonyl (C=O) groups is 2. The molecular formula is C20H17FO5. The lowest BCUT2D eigenvalue weighted by Crippen LogP contribution is -2.41. The van der Waals surface area contributed by atoms with Crippen LogP contribution in [-0.4, -0.2) is 17.7 Å². The van der Waals surface area contributed by atoms with Gasteiger partial charge in [-0.25, -0.2) is 14.0 Å². The first-order chi connectivity index (χ1) is 12.3. The van der Waals surface area contributed by atoms with Gasteiger partial charge in [-0.15, -0.1) is 0 Å². The van der Waals surface area contributed by atoms with Crippen molar-refractivity contribution in [1.29, 1.82) is 0 Å². The molecule has 0 atom stereocenters. The minimum absolute atomic E-state index is 0.166. The summed E-state index contributed by atoms with van der Waals surface area (Å²) < 4.78 is 28.6. The van der Waals surface area contributed by atoms with E-state index in [-0.39, 0.29) is 18.0 Å². The number of hydrogen-bond acceptors (Lipinski definition) is 5. The number of rotatable bonds is 4. The highest BCUT2D eigenvalue weighted by Crippen LogP contribution is 2.24. The lowest BCUT2D eigenvalue weighted by molar-refractivity contribution is -0.222. The number of cyclic esters (lactones) is 2. The molecule has 1 aliphatic rings. The number of esters is 2. The zero-order chi connectivity index (χ0) is 18.7. The third-order valence-electron chi connectivity index (χ3n) is 3.60. The highest BCUT2D eigenvalue weighted by Gasteiger charge is 2.38. The molecule has 2 aromatic carbocycles. The van der Waals surface area contributed by atoms with Gasteiger partial charge in [-0.3, -0.25) is 0 Å². The van der Waals surface area contributed by atoms with Crippen LogP contribution in [0.3, 0.4) is 0 Å². The lowest BCUT2D eigenvalue weighted by Gasteiger charge is -2.29. The van der Waals surface area contributed by atoms with Gasteiger partial charge >= 0.3 is 11.9 Å². The van der Waals surface area contributed by atoms with Crippen LogP contribution in [0.2, 0.25) is 0 Å². The zero-order valence-electron chi connectivity index (χ0n) is 14.3. The molecule has 0 amide bonds. The topological polar surface area (TPSA) is 61.8 Å². The van der Waals surface area contributed by atoms with Crippen LogP contribution in [0, 0.1) is 5.82 Å². The van der Waals surface area contributed by atoms with Gasteiger partial charge in [-0.05, 0) is 47.5 Å². The average Bonchev–Trinajstić information content (AvgIpc) is 2.57. The van der Waals surface area contributed by atoms with Crippen molar-refractivity contribution in [3.05, 3.63) is 71.0 Å². The van der Waals surface area contributed by atoms with Gasteiger partial charge in [0.15, 0.2) is 0 Å². The molecule has 0 bridgehead atoms. The SMILES string of the molecule is CC1(C)OC(=O)C(=Cc2cccc(COc3ccc(F)cc3)c2)C(=O)O1. The summed E-state index contributed by atoms with van der Waals surface area (Å²) >= 11 is 0. The van der Waals surface area contributed by atoms with E-state index in [0.29, 0.717) is 11.3 Å². The van der Waals surface area contributed by atoms with Gasteiger partial charge < -0.3 is 14.2 Å². The van der Waals surface area contributed by atoms with E-state index < -0.39 is 17.7 Å². The Morgan fingerprint density at radius 3 is 2.35 bits per heavy atom. The Bertz CT molecular complexity index is 846. The number of hydrogen-bond donors (Lipinski definition) is 0. The molecule has 0 aliphatic carbocycles. The van der Waals surface area contributed by atoms with Gasteiger partial charge in [0, 0.05) is 13.8 Å². The Labute approximate surface area is 150 Å². The number of carbonyl (C=O) groups excluding carboxylic acids is 2. The predicted octanol–water partition coefficient (Wildman–Crippen LogP) is 3.62. The van der Waals surface area contributed by atoms with E-state index >= 15 is 0 Å². The van der Waals surface area contributed by atoms with Gasteiger partial charge in [0.05, 0.1) is 0 Å². The second-order valence-electron chi connectivity index (χ2n) is 6.22. The first kappa shape index (κ1) is 17.7. The van der Waals surface area contributed by atoms with Crippen molar-refractivity contribution in [3.8, 4) is 5.75 Å². The Morgan fingerprint density at radius 1 is 1.04 bits per heavy atom. The molecule has 0 unspecified atom stereocenters. The van der Waals surface area contributed by atoms with E-state index in [0.717, 1.165) is 5.56 Å². The summed E-state index contributed by atoms with van der Waals surface area (Å²) in [6, 6.07) is 12.8. The minimum atomic E-state index is -1.27. The summed E-state index contributed by atoms with van der Waals surface area (Å²) in [5, 5.41) is 0. The Balaban J connectivity index is 1.74. The van der Waals surface area contributed by atoms with Crippen molar-refractivity contribution in [2.24, 2.45) is 0 Å². The van der Waals surface area contributed by atoms with Crippen LogP contribution in [0.25, 0.3) is 6.08 Å². The maximum absolute atomic E-state index is 12.9. The lowest BCUT2D eigenvalue weighted by atomic mass is 10.1. The number of ether oxygens (including phenoxy) is 3. The fourth-order valence-electron chi connectivity index (χ4n) is 2.42. The van der Waals surface area contributed by atoms with Crippen LogP contribution in [0.15, 0.2) is 54.1 Å². The molecule has 1 saturated heterocycles. The smallest absolute Gasteiger partial charge is 0.348 e. The molecule has 5 nitrogen and oxygen atoms in total. The molecule has 26 heavy (non-hydrogen) atoms. The summed E-state index contributed by atoms with van der Waals surface area (Å²) in [6.07, 6.45) is 1.42. The van der Waals surface area contributed by atoms with E-state index in [1.54, 1.807) is 18.2 Å². The fraction of sp³-hybridized carbons (Fsp3) is 0.200.